The molecular formula is C17H20N4O3. The molecule has 1 aliphatic heterocycles. The fraction of sp³-hybridized carbons (Fsp3) is 0.353. The number of likely N-dealkylation sites (tertiary alicyclic amines) is 1. The third-order valence-electron chi connectivity index (χ3n) is 4.20. The second kappa shape index (κ2) is 6.45. The maximum Gasteiger partial charge on any atom is 0.258 e. The largest absolute Gasteiger partial charge is 0.378 e. The summed E-state index contributed by atoms with van der Waals surface area (Å²) in [4.78, 5) is 25.5. The van der Waals surface area contributed by atoms with Gasteiger partial charge in [0, 0.05) is 13.5 Å². The molecule has 0 saturated carbocycles. The van der Waals surface area contributed by atoms with E-state index in [9.17, 15) is 14.7 Å². The van der Waals surface area contributed by atoms with Crippen LogP contribution in [0.25, 0.3) is 5.69 Å². The molecule has 126 valence electrons. The number of carbonyl (C=O) groups excluding carboxylic acids is 2. The van der Waals surface area contributed by atoms with Crippen molar-refractivity contribution in [3.8, 4) is 5.69 Å². The van der Waals surface area contributed by atoms with Crippen molar-refractivity contribution in [2.75, 3.05) is 18.4 Å². The smallest absolute Gasteiger partial charge is 0.258 e. The molecule has 1 aromatic carbocycles. The number of hydrogen-bond acceptors (Lipinski definition) is 4. The Morgan fingerprint density at radius 3 is 2.75 bits per heavy atom. The summed E-state index contributed by atoms with van der Waals surface area (Å²) in [6.07, 6.45) is 4.13. The third-order valence-corrected chi connectivity index (χ3v) is 4.20. The summed E-state index contributed by atoms with van der Waals surface area (Å²) < 4.78 is 1.64. The summed E-state index contributed by atoms with van der Waals surface area (Å²) in [7, 11) is 0. The molecule has 1 saturated heterocycles. The van der Waals surface area contributed by atoms with E-state index < -0.39 is 11.5 Å². The second-order valence-electron chi connectivity index (χ2n) is 6.04. The molecule has 0 aliphatic carbocycles. The predicted molar refractivity (Wildman–Crippen MR) is 88.6 cm³/mol. The average Bonchev–Trinajstić information content (AvgIpc) is 3.04. The Hall–Kier alpha value is -2.67. The lowest BCUT2D eigenvalue weighted by atomic mass is 9.91. The molecule has 3 rings (SSSR count). The minimum atomic E-state index is -1.57. The number of piperidine rings is 1. The van der Waals surface area contributed by atoms with E-state index in [4.69, 9.17) is 0 Å². The number of amides is 2. The number of β-amino-alcohol motifs (C(OH)–C–C–N with tert-alkyl or cyclic N) is 1. The number of rotatable bonds is 3. The molecule has 7 heteroatoms. The number of para-hydroxylation sites is 1. The summed E-state index contributed by atoms with van der Waals surface area (Å²) in [6, 6.07) is 9.51. The van der Waals surface area contributed by atoms with Crippen molar-refractivity contribution in [1.29, 1.82) is 0 Å². The first-order valence-electron chi connectivity index (χ1n) is 7.87. The molecular weight excluding hydrogens is 308 g/mol. The number of benzene rings is 1. The van der Waals surface area contributed by atoms with Gasteiger partial charge in [-0.1, -0.05) is 18.2 Å². The van der Waals surface area contributed by atoms with Gasteiger partial charge in [0.15, 0.2) is 5.60 Å². The number of nitrogens with one attached hydrogen (secondary N) is 1. The Kier molecular flexibility index (Phi) is 4.35. The molecule has 2 amide bonds. The molecule has 2 aromatic rings. The minimum absolute atomic E-state index is 0.0149. The molecule has 1 fully saturated rings. The van der Waals surface area contributed by atoms with E-state index in [2.05, 4.69) is 10.4 Å². The van der Waals surface area contributed by atoms with Crippen molar-refractivity contribution < 1.29 is 14.7 Å². The van der Waals surface area contributed by atoms with Crippen molar-refractivity contribution in [2.24, 2.45) is 0 Å². The van der Waals surface area contributed by atoms with Crippen LogP contribution in [0.15, 0.2) is 42.7 Å². The molecule has 1 atom stereocenters. The van der Waals surface area contributed by atoms with E-state index >= 15 is 0 Å². The summed E-state index contributed by atoms with van der Waals surface area (Å²) >= 11 is 0. The average molecular weight is 328 g/mol. The Morgan fingerprint density at radius 2 is 2.04 bits per heavy atom. The van der Waals surface area contributed by atoms with Gasteiger partial charge in [0.1, 0.15) is 0 Å². The lowest BCUT2D eigenvalue weighted by Gasteiger charge is -2.37. The third kappa shape index (κ3) is 3.30. The highest BCUT2D eigenvalue weighted by atomic mass is 16.3. The molecule has 0 radical (unpaired) electrons. The molecule has 1 aromatic heterocycles. The Morgan fingerprint density at radius 1 is 1.29 bits per heavy atom. The van der Waals surface area contributed by atoms with Gasteiger partial charge < -0.3 is 15.3 Å². The Labute approximate surface area is 139 Å². The van der Waals surface area contributed by atoms with Crippen LogP contribution in [0.2, 0.25) is 0 Å². The van der Waals surface area contributed by atoms with Crippen LogP contribution in [0.4, 0.5) is 5.69 Å². The number of carbonyl (C=O) groups is 2. The molecule has 2 N–H and O–H groups in total. The van der Waals surface area contributed by atoms with Crippen LogP contribution in [-0.2, 0) is 9.59 Å². The highest BCUT2D eigenvalue weighted by Crippen LogP contribution is 2.23. The topological polar surface area (TPSA) is 87.5 Å². The predicted octanol–water partition coefficient (Wildman–Crippen LogP) is 1.18. The number of aromatic nitrogens is 2. The second-order valence-corrected chi connectivity index (χ2v) is 6.04. The van der Waals surface area contributed by atoms with Crippen LogP contribution < -0.4 is 5.32 Å². The van der Waals surface area contributed by atoms with Gasteiger partial charge >= 0.3 is 0 Å². The highest BCUT2D eigenvalue weighted by Gasteiger charge is 2.41. The van der Waals surface area contributed by atoms with Crippen molar-refractivity contribution in [3.63, 3.8) is 0 Å². The molecule has 0 bridgehead atoms. The maximum atomic E-state index is 12.5. The van der Waals surface area contributed by atoms with Gasteiger partial charge in [0.2, 0.25) is 5.91 Å². The van der Waals surface area contributed by atoms with Crippen LogP contribution in [-0.4, -0.2) is 50.3 Å². The fourth-order valence-corrected chi connectivity index (χ4v) is 2.85. The maximum absolute atomic E-state index is 12.5. The van der Waals surface area contributed by atoms with Gasteiger partial charge in [-0.05, 0) is 25.0 Å². The van der Waals surface area contributed by atoms with Crippen LogP contribution in [0, 0.1) is 0 Å². The lowest BCUT2D eigenvalue weighted by molar-refractivity contribution is -0.146. The molecule has 24 heavy (non-hydrogen) atoms. The Bertz CT molecular complexity index is 743. The summed E-state index contributed by atoms with van der Waals surface area (Å²) in [5.74, 6) is -0.654. The van der Waals surface area contributed by atoms with E-state index in [-0.39, 0.29) is 12.5 Å². The highest BCUT2D eigenvalue weighted by molar-refractivity contribution is 5.97. The van der Waals surface area contributed by atoms with Gasteiger partial charge in [-0.3, -0.25) is 9.59 Å². The lowest BCUT2D eigenvalue weighted by Crippen LogP contribution is -2.56. The number of hydrogen-bond donors (Lipinski definition) is 2. The summed E-state index contributed by atoms with van der Waals surface area (Å²) in [5, 5.41) is 17.5. The van der Waals surface area contributed by atoms with Crippen LogP contribution in [0.1, 0.15) is 19.8 Å². The standard InChI is InChI=1S/C17H20N4O3/c1-13(22)20-9-5-8-17(24,12-20)16(23)19-14-10-18-21(11-14)15-6-3-2-4-7-15/h2-4,6-7,10-11,24H,5,8-9,12H2,1H3,(H,19,23). The monoisotopic (exact) mass is 328 g/mol. The molecule has 1 aliphatic rings. The van der Waals surface area contributed by atoms with Gasteiger partial charge in [-0.25, -0.2) is 4.68 Å². The van der Waals surface area contributed by atoms with Crippen molar-refractivity contribution in [1.82, 2.24) is 14.7 Å². The summed E-state index contributed by atoms with van der Waals surface area (Å²) in [6.45, 7) is 2.02. The first kappa shape index (κ1) is 16.2. The van der Waals surface area contributed by atoms with Gasteiger partial charge in [0.05, 0.1) is 30.3 Å². The van der Waals surface area contributed by atoms with Crippen molar-refractivity contribution >= 4 is 17.5 Å². The van der Waals surface area contributed by atoms with Crippen molar-refractivity contribution in [3.05, 3.63) is 42.7 Å². The first-order valence-corrected chi connectivity index (χ1v) is 7.87. The molecule has 1 unspecified atom stereocenters. The van der Waals surface area contributed by atoms with Crippen LogP contribution in [0.3, 0.4) is 0 Å². The number of nitrogens with zero attached hydrogens (tertiary/aromatic N) is 3. The zero-order valence-corrected chi connectivity index (χ0v) is 13.5. The van der Waals surface area contributed by atoms with E-state index in [0.717, 1.165) is 5.69 Å². The molecule has 7 nitrogen and oxygen atoms in total. The van der Waals surface area contributed by atoms with E-state index in [0.29, 0.717) is 25.1 Å². The van der Waals surface area contributed by atoms with Gasteiger partial charge in [-0.2, -0.15) is 5.10 Å². The zero-order chi connectivity index (χ0) is 17.2. The Balaban J connectivity index is 1.71. The van der Waals surface area contributed by atoms with Crippen molar-refractivity contribution in [2.45, 2.75) is 25.4 Å². The quantitative estimate of drug-likeness (QED) is 0.886. The normalized spacial score (nSPS) is 20.7. The van der Waals surface area contributed by atoms with Crippen LogP contribution in [0.5, 0.6) is 0 Å². The fourth-order valence-electron chi connectivity index (χ4n) is 2.85. The van der Waals surface area contributed by atoms with Crippen LogP contribution >= 0.6 is 0 Å². The number of aliphatic hydroxyl groups is 1. The van der Waals surface area contributed by atoms with Gasteiger partial charge in [0.25, 0.3) is 5.91 Å². The first-order chi connectivity index (χ1) is 11.5. The molecule has 2 heterocycles. The zero-order valence-electron chi connectivity index (χ0n) is 13.5. The van der Waals surface area contributed by atoms with E-state index in [1.165, 1.54) is 18.0 Å². The van der Waals surface area contributed by atoms with E-state index in [1.807, 2.05) is 30.3 Å². The van der Waals surface area contributed by atoms with E-state index in [1.54, 1.807) is 10.9 Å². The minimum Gasteiger partial charge on any atom is -0.378 e. The van der Waals surface area contributed by atoms with Gasteiger partial charge in [-0.15, -0.1) is 0 Å². The number of anilines is 1. The molecule has 0 spiro atoms. The summed E-state index contributed by atoms with van der Waals surface area (Å²) in [5.41, 5.74) is -0.201. The SMILES string of the molecule is CC(=O)N1CCCC(O)(C(=O)Nc2cnn(-c3ccccc3)c2)C1.